The van der Waals surface area contributed by atoms with Gasteiger partial charge in [0.25, 0.3) is 0 Å². The molecule has 2 unspecified atom stereocenters. The topological polar surface area (TPSA) is 175 Å². The molecule has 0 radical (unpaired) electrons. The quantitative estimate of drug-likeness (QED) is 0.266. The number of nitrogens with one attached hydrogen (secondary N) is 2. The molecule has 222 valence electrons. The number of hydrogen-bond donors (Lipinski definition) is 4. The standard InChI is InChI=1S/C28H33Cl2N9O3/c1-14(2)23-20(4-3-9-38(23)28(41)42)34-26-33-13-21-25(37-26)39(17-7-5-16(6-8-17)24(32)40)27(35-21)36-22-18(29)10-15(12-31)11-19(22)30/h10-11,13-14,16-17,20,23H,3-9H2,1-2H3,(H2,32,40)(H,35,36)(H,41,42)(H,33,34,37). The summed E-state index contributed by atoms with van der Waals surface area (Å²) >= 11 is 13.0. The molecule has 1 saturated carbocycles. The molecule has 0 bridgehead atoms. The van der Waals surface area contributed by atoms with Gasteiger partial charge in [-0.15, -0.1) is 0 Å². The van der Waals surface area contributed by atoms with Crippen LogP contribution in [0.1, 0.15) is 64.0 Å². The Balaban J connectivity index is 1.53. The molecule has 2 aliphatic rings. The monoisotopic (exact) mass is 613 g/mol. The van der Waals surface area contributed by atoms with Crippen molar-refractivity contribution in [2.45, 2.75) is 70.5 Å². The van der Waals surface area contributed by atoms with E-state index >= 15 is 0 Å². The van der Waals surface area contributed by atoms with Crippen LogP contribution in [0.25, 0.3) is 11.2 Å². The lowest BCUT2D eigenvalue weighted by Gasteiger charge is -2.42. The van der Waals surface area contributed by atoms with E-state index in [9.17, 15) is 20.0 Å². The fourth-order valence-corrected chi connectivity index (χ4v) is 6.85. The molecule has 1 saturated heterocycles. The lowest BCUT2D eigenvalue weighted by molar-refractivity contribution is -0.122. The normalized spacial score (nSPS) is 22.6. The predicted octanol–water partition coefficient (Wildman–Crippen LogP) is 5.54. The highest BCUT2D eigenvalue weighted by atomic mass is 35.5. The SMILES string of the molecule is CC(C)C1C(Nc2ncc3nc(Nc4c(Cl)cc(C#N)cc4Cl)n(C4CCC(C(N)=O)CC4)c3n2)CCCN1C(=O)O. The Labute approximate surface area is 253 Å². The lowest BCUT2D eigenvalue weighted by Crippen LogP contribution is -2.55. The molecule has 14 heteroatoms. The highest BCUT2D eigenvalue weighted by Gasteiger charge is 2.37. The maximum absolute atomic E-state index is 11.9. The zero-order chi connectivity index (χ0) is 30.1. The smallest absolute Gasteiger partial charge is 0.407 e. The van der Waals surface area contributed by atoms with Gasteiger partial charge in [-0.05, 0) is 56.6 Å². The Morgan fingerprint density at radius 3 is 2.43 bits per heavy atom. The van der Waals surface area contributed by atoms with Gasteiger partial charge >= 0.3 is 6.09 Å². The fourth-order valence-electron chi connectivity index (χ4n) is 6.27. The number of carbonyl (C=O) groups is 2. The molecular formula is C28H33Cl2N9O3. The number of benzene rings is 1. The minimum absolute atomic E-state index is 0.0487. The first-order chi connectivity index (χ1) is 20.1. The van der Waals surface area contributed by atoms with Crippen molar-refractivity contribution in [3.63, 3.8) is 0 Å². The Hall–Kier alpha value is -3.82. The summed E-state index contributed by atoms with van der Waals surface area (Å²) in [5.41, 5.74) is 7.44. The molecule has 2 amide bonds. The summed E-state index contributed by atoms with van der Waals surface area (Å²) in [4.78, 5) is 39.4. The van der Waals surface area contributed by atoms with Crippen LogP contribution >= 0.6 is 23.2 Å². The van der Waals surface area contributed by atoms with Gasteiger partial charge < -0.3 is 26.4 Å². The third kappa shape index (κ3) is 5.89. The molecule has 1 aromatic carbocycles. The number of rotatable bonds is 7. The number of anilines is 3. The van der Waals surface area contributed by atoms with E-state index in [-0.39, 0.29) is 45.9 Å². The largest absolute Gasteiger partial charge is 0.465 e. The third-order valence-electron chi connectivity index (χ3n) is 8.23. The summed E-state index contributed by atoms with van der Waals surface area (Å²) in [6.07, 6.45) is 4.85. The van der Waals surface area contributed by atoms with Crippen molar-refractivity contribution in [2.24, 2.45) is 17.6 Å². The predicted molar refractivity (Wildman–Crippen MR) is 160 cm³/mol. The highest BCUT2D eigenvalue weighted by Crippen LogP contribution is 2.39. The van der Waals surface area contributed by atoms with E-state index in [2.05, 4.69) is 15.6 Å². The van der Waals surface area contributed by atoms with Gasteiger partial charge in [-0.25, -0.2) is 14.8 Å². The fraction of sp³-hybridized carbons (Fsp3) is 0.500. The van der Waals surface area contributed by atoms with Gasteiger partial charge in [0.15, 0.2) is 5.65 Å². The van der Waals surface area contributed by atoms with Crippen LogP contribution in [-0.2, 0) is 4.79 Å². The van der Waals surface area contributed by atoms with Crippen molar-refractivity contribution in [3.05, 3.63) is 33.9 Å². The van der Waals surface area contributed by atoms with Gasteiger partial charge in [0.1, 0.15) is 5.52 Å². The first-order valence-corrected chi connectivity index (χ1v) is 14.8. The summed E-state index contributed by atoms with van der Waals surface area (Å²) in [5, 5.41) is 26.3. The van der Waals surface area contributed by atoms with Crippen LogP contribution in [0.15, 0.2) is 18.3 Å². The lowest BCUT2D eigenvalue weighted by atomic mass is 9.85. The average Bonchev–Trinajstić information content (AvgIpc) is 3.31. The number of nitriles is 1. The molecule has 2 fully saturated rings. The van der Waals surface area contributed by atoms with Crippen LogP contribution in [0.5, 0.6) is 0 Å². The Kier molecular flexibility index (Phi) is 8.61. The number of hydrogen-bond acceptors (Lipinski definition) is 8. The van der Waals surface area contributed by atoms with Crippen LogP contribution in [0.2, 0.25) is 10.0 Å². The molecule has 3 aromatic rings. The molecule has 2 atom stereocenters. The van der Waals surface area contributed by atoms with Gasteiger partial charge in [0.2, 0.25) is 17.8 Å². The molecule has 12 nitrogen and oxygen atoms in total. The van der Waals surface area contributed by atoms with E-state index in [1.165, 1.54) is 17.0 Å². The van der Waals surface area contributed by atoms with Crippen LogP contribution in [0.3, 0.4) is 0 Å². The molecule has 5 rings (SSSR count). The number of nitrogens with two attached hydrogens (primary N) is 1. The van der Waals surface area contributed by atoms with Gasteiger partial charge in [0.05, 0.1) is 39.6 Å². The number of likely N-dealkylation sites (tertiary alicyclic amines) is 1. The Bertz CT molecular complexity index is 1520. The first-order valence-electron chi connectivity index (χ1n) is 14.0. The van der Waals surface area contributed by atoms with Crippen LogP contribution in [0, 0.1) is 23.2 Å². The van der Waals surface area contributed by atoms with Crippen LogP contribution < -0.4 is 16.4 Å². The number of piperidine rings is 1. The van der Waals surface area contributed by atoms with Gasteiger partial charge in [-0.2, -0.15) is 10.2 Å². The van der Waals surface area contributed by atoms with E-state index in [0.29, 0.717) is 66.5 Å². The maximum Gasteiger partial charge on any atom is 0.407 e. The second-order valence-electron chi connectivity index (χ2n) is 11.3. The Morgan fingerprint density at radius 1 is 1.14 bits per heavy atom. The first kappa shape index (κ1) is 29.7. The Morgan fingerprint density at radius 2 is 1.83 bits per heavy atom. The molecule has 2 aromatic heterocycles. The zero-order valence-corrected chi connectivity index (χ0v) is 24.9. The number of carboxylic acid groups (broad SMARTS) is 1. The molecule has 1 aliphatic heterocycles. The minimum atomic E-state index is -0.933. The van der Waals surface area contributed by atoms with E-state index in [1.54, 1.807) is 6.20 Å². The maximum atomic E-state index is 11.9. The van der Waals surface area contributed by atoms with Crippen LogP contribution in [0.4, 0.5) is 22.4 Å². The number of imidazole rings is 1. The number of fused-ring (bicyclic) bond motifs is 1. The van der Waals surface area contributed by atoms with E-state index in [4.69, 9.17) is 38.9 Å². The van der Waals surface area contributed by atoms with E-state index in [1.807, 2.05) is 24.5 Å². The van der Waals surface area contributed by atoms with Crippen LogP contribution in [-0.4, -0.2) is 60.2 Å². The number of halogens is 2. The van der Waals surface area contributed by atoms with Crippen molar-refractivity contribution in [1.29, 1.82) is 5.26 Å². The number of aromatic nitrogens is 4. The van der Waals surface area contributed by atoms with Gasteiger partial charge in [-0.1, -0.05) is 37.0 Å². The number of amides is 2. The third-order valence-corrected chi connectivity index (χ3v) is 8.83. The molecular weight excluding hydrogens is 581 g/mol. The zero-order valence-electron chi connectivity index (χ0n) is 23.3. The number of nitrogens with zero attached hydrogens (tertiary/aromatic N) is 6. The highest BCUT2D eigenvalue weighted by molar-refractivity contribution is 6.39. The summed E-state index contributed by atoms with van der Waals surface area (Å²) in [7, 11) is 0. The second-order valence-corrected chi connectivity index (χ2v) is 12.1. The molecule has 5 N–H and O–H groups in total. The molecule has 0 spiro atoms. The summed E-state index contributed by atoms with van der Waals surface area (Å²) in [5.74, 6) is 0.430. The van der Waals surface area contributed by atoms with Crippen molar-refractivity contribution in [1.82, 2.24) is 24.4 Å². The summed E-state index contributed by atoms with van der Waals surface area (Å²) in [6.45, 7) is 4.52. The van der Waals surface area contributed by atoms with E-state index < -0.39 is 6.09 Å². The number of primary amides is 1. The van der Waals surface area contributed by atoms with Crippen molar-refractivity contribution >= 4 is 64.0 Å². The summed E-state index contributed by atoms with van der Waals surface area (Å²) in [6, 6.07) is 4.65. The van der Waals surface area contributed by atoms with E-state index in [0.717, 1.165) is 12.8 Å². The van der Waals surface area contributed by atoms with Gasteiger partial charge in [-0.3, -0.25) is 9.36 Å². The van der Waals surface area contributed by atoms with Crippen molar-refractivity contribution in [3.8, 4) is 6.07 Å². The summed E-state index contributed by atoms with van der Waals surface area (Å²) < 4.78 is 1.98. The molecule has 1 aliphatic carbocycles. The average molecular weight is 615 g/mol. The number of carbonyl (C=O) groups excluding carboxylic acids is 1. The molecule has 42 heavy (non-hydrogen) atoms. The molecule has 3 heterocycles. The van der Waals surface area contributed by atoms with Gasteiger partial charge in [0, 0.05) is 24.5 Å². The minimum Gasteiger partial charge on any atom is -0.465 e. The van der Waals surface area contributed by atoms with Crippen molar-refractivity contribution < 1.29 is 14.7 Å². The van der Waals surface area contributed by atoms with Crippen molar-refractivity contribution in [2.75, 3.05) is 17.2 Å². The second kappa shape index (κ2) is 12.2.